The van der Waals surface area contributed by atoms with Gasteiger partial charge in [-0.05, 0) is 111 Å². The molecule has 2 amide bonds. The number of hydrogen-bond acceptors (Lipinski definition) is 7. The number of hydrogen-bond donors (Lipinski definition) is 2. The van der Waals surface area contributed by atoms with Gasteiger partial charge in [0, 0.05) is 18.7 Å². The van der Waals surface area contributed by atoms with Crippen molar-refractivity contribution in [3.63, 3.8) is 0 Å². The number of benzene rings is 4. The van der Waals surface area contributed by atoms with Crippen LogP contribution in [0.3, 0.4) is 0 Å². The van der Waals surface area contributed by atoms with E-state index in [1.54, 1.807) is 0 Å². The molecule has 2 fully saturated rings. The largest absolute Gasteiger partial charge is 0.340 e. The van der Waals surface area contributed by atoms with Gasteiger partial charge in [-0.1, -0.05) is 113 Å². The fourth-order valence-electron chi connectivity index (χ4n) is 10.8. The molecule has 10 heteroatoms. The molecule has 4 aliphatic rings. The molecule has 3 aliphatic heterocycles. The molecule has 1 aliphatic carbocycles. The normalized spacial score (nSPS) is 22.4. The quantitative estimate of drug-likeness (QED) is 0.124. The minimum Gasteiger partial charge on any atom is -0.340 e. The van der Waals surface area contributed by atoms with Crippen LogP contribution in [0.25, 0.3) is 22.2 Å². The molecule has 0 saturated carbocycles. The Morgan fingerprint density at radius 3 is 1.98 bits per heavy atom. The maximum atomic E-state index is 14.5. The zero-order chi connectivity index (χ0) is 42.0. The molecular weight excluding hydrogens is 757 g/mol. The summed E-state index contributed by atoms with van der Waals surface area (Å²) in [5.41, 5.74) is 10.0. The van der Waals surface area contributed by atoms with Crippen LogP contribution in [-0.2, 0) is 16.0 Å². The van der Waals surface area contributed by atoms with Crippen LogP contribution in [0.1, 0.15) is 112 Å². The Morgan fingerprint density at radius 2 is 1.31 bits per heavy atom. The lowest BCUT2D eigenvalue weighted by Crippen LogP contribution is -2.51. The van der Waals surface area contributed by atoms with Gasteiger partial charge in [-0.3, -0.25) is 29.7 Å². The monoisotopic (exact) mass is 818 g/mol. The van der Waals surface area contributed by atoms with Gasteiger partial charge in [0.25, 0.3) is 0 Å². The molecule has 0 bridgehead atoms. The van der Waals surface area contributed by atoms with Crippen molar-refractivity contribution in [2.45, 2.75) is 109 Å². The molecule has 9 rings (SSSR count). The van der Waals surface area contributed by atoms with Crippen molar-refractivity contribution < 1.29 is 9.59 Å². The number of imidazole rings is 1. The number of likely N-dealkylation sites (N-methyl/N-ethyl adjacent to an activating group) is 2. The number of H-pyrrole nitrogens is 1. The molecular formula is C51H62N8O2. The standard InChI is InChI=1S/C51H62N8O2/c1-5-56(6-2)46(34-18-11-9-12-19-34)50(60)58-30-16-24-43(58)48-52-40-29-27-37(33-42(40)54-48)36-26-28-39-38(32-36)22-15-23-41-45(39)55-49(53-41)44-25-17-31-59(44)51(61)47(57(7-3)8-4)35-20-13-10-14-21-35/h9-14,18-21,26-29,32-33,41,43-44,46-47,49,53H,5-8,15-17,22-25,30-31H2,1-4H3,(H,52,54)/t41?,43-,44-,46+,47+,49?/m0/s1. The summed E-state index contributed by atoms with van der Waals surface area (Å²) < 4.78 is 0. The second-order valence-corrected chi connectivity index (χ2v) is 17.3. The lowest BCUT2D eigenvalue weighted by molar-refractivity contribution is -0.139. The highest BCUT2D eigenvalue weighted by atomic mass is 16.2. The highest BCUT2D eigenvalue weighted by Crippen LogP contribution is 2.38. The lowest BCUT2D eigenvalue weighted by atomic mass is 9.95. The first-order valence-electron chi connectivity index (χ1n) is 23.1. The van der Waals surface area contributed by atoms with Crippen LogP contribution in [0.5, 0.6) is 0 Å². The van der Waals surface area contributed by atoms with E-state index in [0.29, 0.717) is 0 Å². The van der Waals surface area contributed by atoms with Crippen LogP contribution in [0.2, 0.25) is 0 Å². The lowest BCUT2D eigenvalue weighted by Gasteiger charge is -2.36. The topological polar surface area (TPSA) is 100 Å². The highest BCUT2D eigenvalue weighted by Gasteiger charge is 2.43. The predicted octanol–water partition coefficient (Wildman–Crippen LogP) is 8.47. The van der Waals surface area contributed by atoms with E-state index in [2.05, 4.69) is 118 Å². The Hall–Kier alpha value is -5.16. The number of aryl methyl sites for hydroxylation is 1. The highest BCUT2D eigenvalue weighted by molar-refractivity contribution is 6.07. The van der Waals surface area contributed by atoms with Crippen molar-refractivity contribution in [2.75, 3.05) is 39.3 Å². The number of nitrogens with zero attached hydrogens (tertiary/aromatic N) is 6. The molecule has 2 unspecified atom stereocenters. The van der Waals surface area contributed by atoms with Crippen molar-refractivity contribution in [1.82, 2.24) is 34.9 Å². The average Bonchev–Trinajstić information content (AvgIpc) is 4.13. The molecule has 4 heterocycles. The molecule has 1 aromatic heterocycles. The third-order valence-corrected chi connectivity index (χ3v) is 14.0. The SMILES string of the molecule is CCN(CC)[C@@H](C(=O)N1CCC[C@H]1c1nc2ccc(-c3ccc4c(c3)CCCC3NC([C@@H]5CCCN5C(=O)[C@@H](c5ccccc5)N(CC)CC)N=C43)cc2[nH]1)c1ccccc1. The van der Waals surface area contributed by atoms with E-state index in [-0.39, 0.29) is 48.2 Å². The van der Waals surface area contributed by atoms with Crippen molar-refractivity contribution in [3.05, 3.63) is 125 Å². The summed E-state index contributed by atoms with van der Waals surface area (Å²) in [7, 11) is 0. The molecule has 2 saturated heterocycles. The van der Waals surface area contributed by atoms with E-state index in [1.807, 2.05) is 36.4 Å². The summed E-state index contributed by atoms with van der Waals surface area (Å²) in [6.45, 7) is 13.3. The first kappa shape index (κ1) is 41.2. The Labute approximate surface area is 361 Å². The van der Waals surface area contributed by atoms with Gasteiger partial charge in [-0.2, -0.15) is 0 Å². The number of carbonyl (C=O) groups excluding carboxylic acids is 2. The smallest absolute Gasteiger partial charge is 0.245 e. The Balaban J connectivity index is 0.949. The molecule has 10 nitrogen and oxygen atoms in total. The zero-order valence-electron chi connectivity index (χ0n) is 36.4. The second kappa shape index (κ2) is 18.1. The number of aliphatic imine (C=N–C) groups is 1. The Kier molecular flexibility index (Phi) is 12.2. The van der Waals surface area contributed by atoms with E-state index >= 15 is 0 Å². The summed E-state index contributed by atoms with van der Waals surface area (Å²) in [5, 5.41) is 3.91. The third-order valence-electron chi connectivity index (χ3n) is 14.0. The number of rotatable bonds is 13. The number of nitrogens with one attached hydrogen (secondary N) is 2. The molecule has 5 aromatic rings. The van der Waals surface area contributed by atoms with E-state index in [0.717, 1.165) is 123 Å². The van der Waals surface area contributed by atoms with Gasteiger partial charge >= 0.3 is 0 Å². The Morgan fingerprint density at radius 1 is 0.705 bits per heavy atom. The molecule has 4 aromatic carbocycles. The van der Waals surface area contributed by atoms with Crippen LogP contribution >= 0.6 is 0 Å². The number of aromatic amines is 1. The van der Waals surface area contributed by atoms with Crippen LogP contribution in [0, 0.1) is 0 Å². The molecule has 0 spiro atoms. The zero-order valence-corrected chi connectivity index (χ0v) is 36.4. The van der Waals surface area contributed by atoms with E-state index in [4.69, 9.17) is 9.98 Å². The van der Waals surface area contributed by atoms with Crippen LogP contribution in [0.4, 0.5) is 0 Å². The third kappa shape index (κ3) is 7.94. The summed E-state index contributed by atoms with van der Waals surface area (Å²) in [6, 6.07) is 33.4. The molecule has 0 radical (unpaired) electrons. The molecule has 318 valence electrons. The average molecular weight is 819 g/mol. The fraction of sp³-hybridized carbons (Fsp3) is 0.451. The number of likely N-dealkylation sites (tertiary alicyclic amines) is 2. The minimum absolute atomic E-state index is 0.0320. The number of aromatic nitrogens is 2. The van der Waals surface area contributed by atoms with E-state index < -0.39 is 0 Å². The maximum absolute atomic E-state index is 14.5. The summed E-state index contributed by atoms with van der Waals surface area (Å²) in [6.07, 6.45) is 6.78. The van der Waals surface area contributed by atoms with Gasteiger partial charge in [-0.15, -0.1) is 0 Å². The molecule has 61 heavy (non-hydrogen) atoms. The van der Waals surface area contributed by atoms with Gasteiger partial charge in [0.05, 0.1) is 34.9 Å². The first-order chi connectivity index (χ1) is 29.9. The minimum atomic E-state index is -0.315. The van der Waals surface area contributed by atoms with E-state index in [1.165, 1.54) is 16.7 Å². The van der Waals surface area contributed by atoms with Gasteiger partial charge in [0.1, 0.15) is 24.1 Å². The number of fused-ring (bicyclic) bond motifs is 4. The summed E-state index contributed by atoms with van der Waals surface area (Å²) in [4.78, 5) is 51.9. The van der Waals surface area contributed by atoms with Gasteiger partial charge < -0.3 is 14.8 Å². The Bertz CT molecular complexity index is 2350. The van der Waals surface area contributed by atoms with Crippen LogP contribution in [-0.4, -0.2) is 105 Å². The van der Waals surface area contributed by atoms with Crippen LogP contribution < -0.4 is 5.32 Å². The number of carbonyl (C=O) groups is 2. The van der Waals surface area contributed by atoms with Gasteiger partial charge in [-0.25, -0.2) is 4.98 Å². The first-order valence-corrected chi connectivity index (χ1v) is 23.1. The second-order valence-electron chi connectivity index (χ2n) is 17.3. The van der Waals surface area contributed by atoms with Gasteiger partial charge in [0.2, 0.25) is 11.8 Å². The van der Waals surface area contributed by atoms with Crippen LogP contribution in [0.15, 0.2) is 102 Å². The summed E-state index contributed by atoms with van der Waals surface area (Å²) in [5.74, 6) is 1.21. The molecule has 6 atom stereocenters. The maximum Gasteiger partial charge on any atom is 0.245 e. The number of amides is 2. The van der Waals surface area contributed by atoms with Gasteiger partial charge in [0.15, 0.2) is 0 Å². The molecule has 2 N–H and O–H groups in total. The van der Waals surface area contributed by atoms with Crippen molar-refractivity contribution >= 4 is 28.6 Å². The van der Waals surface area contributed by atoms with E-state index in [9.17, 15) is 9.59 Å². The van der Waals surface area contributed by atoms with Crippen molar-refractivity contribution in [2.24, 2.45) is 4.99 Å². The fourth-order valence-corrected chi connectivity index (χ4v) is 10.8. The van der Waals surface area contributed by atoms with Crippen molar-refractivity contribution in [1.29, 1.82) is 0 Å². The summed E-state index contributed by atoms with van der Waals surface area (Å²) >= 11 is 0. The van der Waals surface area contributed by atoms with Crippen molar-refractivity contribution in [3.8, 4) is 11.1 Å². The predicted molar refractivity (Wildman–Crippen MR) is 244 cm³/mol.